The number of ether oxygens (including phenoxy) is 2. The molecule has 3 heteroatoms. The van der Waals surface area contributed by atoms with E-state index in [0.29, 0.717) is 6.04 Å². The lowest BCUT2D eigenvalue weighted by Gasteiger charge is -2.10. The van der Waals surface area contributed by atoms with Crippen molar-refractivity contribution in [2.24, 2.45) is 0 Å². The number of hydrogen-bond acceptors (Lipinski definition) is 3. The second-order valence-corrected chi connectivity index (χ2v) is 4.81. The van der Waals surface area contributed by atoms with Crippen molar-refractivity contribution in [1.82, 2.24) is 5.32 Å². The van der Waals surface area contributed by atoms with Crippen molar-refractivity contribution in [1.29, 1.82) is 0 Å². The highest BCUT2D eigenvalue weighted by Crippen LogP contribution is 2.25. The summed E-state index contributed by atoms with van der Waals surface area (Å²) < 4.78 is 10.8. The lowest BCUT2D eigenvalue weighted by atomic mass is 10.1. The van der Waals surface area contributed by atoms with Crippen molar-refractivity contribution >= 4 is 0 Å². The molecule has 92 valence electrons. The minimum atomic E-state index is 0.563. The summed E-state index contributed by atoms with van der Waals surface area (Å²) in [5.74, 6) is 1.07. The number of fused-ring (bicyclic) bond motifs is 1. The maximum atomic E-state index is 5.51. The molecule has 1 atom stereocenters. The Hall–Kier alpha value is -1.06. The Morgan fingerprint density at radius 2 is 2.29 bits per heavy atom. The van der Waals surface area contributed by atoms with Gasteiger partial charge in [-0.2, -0.15) is 0 Å². The van der Waals surface area contributed by atoms with Crippen molar-refractivity contribution in [2.45, 2.75) is 25.3 Å². The van der Waals surface area contributed by atoms with Gasteiger partial charge < -0.3 is 14.8 Å². The second-order valence-electron chi connectivity index (χ2n) is 4.81. The Morgan fingerprint density at radius 3 is 3.18 bits per heavy atom. The van der Waals surface area contributed by atoms with Crippen LogP contribution >= 0.6 is 0 Å². The molecule has 0 aliphatic carbocycles. The van der Waals surface area contributed by atoms with Gasteiger partial charge in [-0.05, 0) is 36.6 Å². The van der Waals surface area contributed by atoms with Gasteiger partial charge in [-0.15, -0.1) is 0 Å². The molecule has 2 aliphatic heterocycles. The molecule has 1 N–H and O–H groups in total. The predicted molar refractivity (Wildman–Crippen MR) is 66.6 cm³/mol. The molecule has 0 saturated carbocycles. The molecule has 0 spiro atoms. The van der Waals surface area contributed by atoms with E-state index >= 15 is 0 Å². The molecule has 0 radical (unpaired) electrons. The molecule has 3 rings (SSSR count). The predicted octanol–water partition coefficient (Wildman–Crippen LogP) is 1.54. The van der Waals surface area contributed by atoms with Gasteiger partial charge in [-0.25, -0.2) is 0 Å². The molecule has 2 aliphatic rings. The third kappa shape index (κ3) is 2.61. The number of benzene rings is 1. The fraction of sp³-hybridized carbons (Fsp3) is 0.571. The van der Waals surface area contributed by atoms with Crippen molar-refractivity contribution in [3.8, 4) is 5.75 Å². The Labute approximate surface area is 102 Å². The van der Waals surface area contributed by atoms with Gasteiger partial charge in [0, 0.05) is 19.1 Å². The fourth-order valence-electron chi connectivity index (χ4n) is 2.51. The van der Waals surface area contributed by atoms with Gasteiger partial charge in [0.15, 0.2) is 0 Å². The van der Waals surface area contributed by atoms with Crippen LogP contribution in [0.5, 0.6) is 5.75 Å². The van der Waals surface area contributed by atoms with E-state index in [1.807, 2.05) is 0 Å². The fourth-order valence-corrected chi connectivity index (χ4v) is 2.51. The first-order chi connectivity index (χ1) is 8.42. The van der Waals surface area contributed by atoms with Gasteiger partial charge in [0.05, 0.1) is 13.2 Å². The van der Waals surface area contributed by atoms with Crippen LogP contribution in [0.15, 0.2) is 18.2 Å². The van der Waals surface area contributed by atoms with Crippen LogP contribution in [0.25, 0.3) is 0 Å². The molecule has 1 unspecified atom stereocenters. The van der Waals surface area contributed by atoms with Crippen LogP contribution < -0.4 is 10.1 Å². The van der Waals surface area contributed by atoms with Gasteiger partial charge in [0.1, 0.15) is 5.75 Å². The van der Waals surface area contributed by atoms with Crippen molar-refractivity contribution < 1.29 is 9.47 Å². The van der Waals surface area contributed by atoms with Crippen LogP contribution in [0.1, 0.15) is 17.5 Å². The summed E-state index contributed by atoms with van der Waals surface area (Å²) in [6.07, 6.45) is 3.30. The SMILES string of the molecule is c1cc2c(cc1CCNC1CCOC1)CCO2. The van der Waals surface area contributed by atoms with E-state index in [9.17, 15) is 0 Å². The Morgan fingerprint density at radius 1 is 1.29 bits per heavy atom. The van der Waals surface area contributed by atoms with Crippen LogP contribution in [0.3, 0.4) is 0 Å². The second kappa shape index (κ2) is 5.07. The van der Waals surface area contributed by atoms with Crippen LogP contribution in [0.4, 0.5) is 0 Å². The highest BCUT2D eigenvalue weighted by molar-refractivity contribution is 5.39. The number of hydrogen-bond donors (Lipinski definition) is 1. The first-order valence-corrected chi connectivity index (χ1v) is 6.47. The number of nitrogens with one attached hydrogen (secondary N) is 1. The van der Waals surface area contributed by atoms with Gasteiger partial charge in [-0.1, -0.05) is 12.1 Å². The molecule has 1 aromatic rings. The molecule has 17 heavy (non-hydrogen) atoms. The highest BCUT2D eigenvalue weighted by atomic mass is 16.5. The maximum Gasteiger partial charge on any atom is 0.122 e. The minimum Gasteiger partial charge on any atom is -0.493 e. The standard InChI is InChI=1S/C14H19NO2/c1-2-14-12(4-8-17-14)9-11(1)3-6-15-13-5-7-16-10-13/h1-2,9,13,15H,3-8,10H2. The summed E-state index contributed by atoms with van der Waals surface area (Å²) in [7, 11) is 0. The zero-order valence-electron chi connectivity index (χ0n) is 10.1. The molecular formula is C14H19NO2. The molecule has 0 bridgehead atoms. The Balaban J connectivity index is 1.51. The lowest BCUT2D eigenvalue weighted by molar-refractivity contribution is 0.190. The molecule has 1 saturated heterocycles. The van der Waals surface area contributed by atoms with Gasteiger partial charge >= 0.3 is 0 Å². The summed E-state index contributed by atoms with van der Waals surface area (Å²) in [5, 5.41) is 3.54. The zero-order chi connectivity index (χ0) is 11.5. The summed E-state index contributed by atoms with van der Waals surface area (Å²) in [4.78, 5) is 0. The molecule has 2 heterocycles. The molecule has 0 aromatic heterocycles. The van der Waals surface area contributed by atoms with E-state index in [1.54, 1.807) is 0 Å². The lowest BCUT2D eigenvalue weighted by Crippen LogP contribution is -2.30. The van der Waals surface area contributed by atoms with Crippen molar-refractivity contribution in [2.75, 3.05) is 26.4 Å². The highest BCUT2D eigenvalue weighted by Gasteiger charge is 2.15. The topological polar surface area (TPSA) is 30.5 Å². The summed E-state index contributed by atoms with van der Waals surface area (Å²) in [6, 6.07) is 7.13. The average Bonchev–Trinajstić information content (AvgIpc) is 2.98. The van der Waals surface area contributed by atoms with E-state index < -0.39 is 0 Å². The molecule has 1 fully saturated rings. The smallest absolute Gasteiger partial charge is 0.122 e. The molecule has 3 nitrogen and oxygen atoms in total. The van der Waals surface area contributed by atoms with E-state index in [2.05, 4.69) is 23.5 Å². The first kappa shape index (κ1) is 11.1. The van der Waals surface area contributed by atoms with E-state index in [0.717, 1.165) is 51.4 Å². The monoisotopic (exact) mass is 233 g/mol. The average molecular weight is 233 g/mol. The van der Waals surface area contributed by atoms with Crippen molar-refractivity contribution in [3.05, 3.63) is 29.3 Å². The summed E-state index contributed by atoms with van der Waals surface area (Å²) >= 11 is 0. The van der Waals surface area contributed by atoms with Gasteiger partial charge in [0.25, 0.3) is 0 Å². The molecule has 1 aromatic carbocycles. The Bertz CT molecular complexity index is 386. The third-order valence-corrected chi connectivity index (χ3v) is 3.53. The largest absolute Gasteiger partial charge is 0.493 e. The minimum absolute atomic E-state index is 0.563. The normalized spacial score (nSPS) is 22.5. The first-order valence-electron chi connectivity index (χ1n) is 6.47. The summed E-state index contributed by atoms with van der Waals surface area (Å²) in [6.45, 7) is 3.66. The van der Waals surface area contributed by atoms with Crippen molar-refractivity contribution in [3.63, 3.8) is 0 Å². The maximum absolute atomic E-state index is 5.51. The summed E-state index contributed by atoms with van der Waals surface area (Å²) in [5.41, 5.74) is 2.77. The third-order valence-electron chi connectivity index (χ3n) is 3.53. The zero-order valence-corrected chi connectivity index (χ0v) is 10.1. The molecule has 0 amide bonds. The van der Waals surface area contributed by atoms with Gasteiger partial charge in [-0.3, -0.25) is 0 Å². The van der Waals surface area contributed by atoms with Crippen LogP contribution in [0, 0.1) is 0 Å². The van der Waals surface area contributed by atoms with E-state index in [-0.39, 0.29) is 0 Å². The molecular weight excluding hydrogens is 214 g/mol. The quantitative estimate of drug-likeness (QED) is 0.855. The van der Waals surface area contributed by atoms with E-state index in [1.165, 1.54) is 11.1 Å². The van der Waals surface area contributed by atoms with E-state index in [4.69, 9.17) is 9.47 Å². The van der Waals surface area contributed by atoms with Gasteiger partial charge in [0.2, 0.25) is 0 Å². The van der Waals surface area contributed by atoms with Crippen LogP contribution in [0.2, 0.25) is 0 Å². The van der Waals surface area contributed by atoms with Crippen LogP contribution in [-0.2, 0) is 17.6 Å². The number of rotatable bonds is 4. The Kier molecular flexibility index (Phi) is 3.29. The van der Waals surface area contributed by atoms with Crippen LogP contribution in [-0.4, -0.2) is 32.4 Å².